The Morgan fingerprint density at radius 2 is 2.00 bits per heavy atom. The molecule has 0 saturated carbocycles. The summed E-state index contributed by atoms with van der Waals surface area (Å²) in [6.07, 6.45) is -0.934. The van der Waals surface area contributed by atoms with E-state index in [0.717, 1.165) is 47.9 Å². The summed E-state index contributed by atoms with van der Waals surface area (Å²) < 4.78 is 41.5. The van der Waals surface area contributed by atoms with Crippen LogP contribution in [-0.2, 0) is 24.1 Å². The zero-order valence-electron chi connectivity index (χ0n) is 17.2. The molecule has 4 heterocycles. The molecule has 1 saturated heterocycles. The lowest BCUT2D eigenvalue weighted by Crippen LogP contribution is -2.32. The summed E-state index contributed by atoms with van der Waals surface area (Å²) in [5, 5.41) is 7.64. The number of rotatable bonds is 5. The van der Waals surface area contributed by atoms with Gasteiger partial charge in [-0.3, -0.25) is 4.79 Å². The van der Waals surface area contributed by atoms with Crippen molar-refractivity contribution in [3.63, 3.8) is 0 Å². The van der Waals surface area contributed by atoms with Gasteiger partial charge in [0.25, 0.3) is 0 Å². The Morgan fingerprint density at radius 3 is 2.76 bits per heavy atom. The first kappa shape index (κ1) is 21.4. The zero-order valence-corrected chi connectivity index (χ0v) is 18.0. The lowest BCUT2D eigenvalue weighted by Gasteiger charge is -2.11. The van der Waals surface area contributed by atoms with E-state index < -0.39 is 23.3 Å². The van der Waals surface area contributed by atoms with Gasteiger partial charge in [0.05, 0.1) is 5.56 Å². The highest BCUT2D eigenvalue weighted by Crippen LogP contribution is 2.31. The van der Waals surface area contributed by atoms with Crippen molar-refractivity contribution in [3.8, 4) is 0 Å². The van der Waals surface area contributed by atoms with Crippen LogP contribution in [0, 0.1) is 0 Å². The van der Waals surface area contributed by atoms with Gasteiger partial charge >= 0.3 is 11.9 Å². The van der Waals surface area contributed by atoms with Crippen LogP contribution in [0.4, 0.5) is 18.3 Å². The number of thiazole rings is 1. The molecule has 0 spiro atoms. The molecule has 0 bridgehead atoms. The fraction of sp³-hybridized carbons (Fsp3) is 0.350. The van der Waals surface area contributed by atoms with Gasteiger partial charge in [-0.1, -0.05) is 23.5 Å². The van der Waals surface area contributed by atoms with Crippen molar-refractivity contribution in [1.82, 2.24) is 29.5 Å². The highest BCUT2D eigenvalue weighted by Gasteiger charge is 2.30. The molecule has 1 aromatic carbocycles. The molecule has 1 aliphatic heterocycles. The second-order valence-electron chi connectivity index (χ2n) is 7.70. The van der Waals surface area contributed by atoms with Gasteiger partial charge in [0.15, 0.2) is 16.4 Å². The van der Waals surface area contributed by atoms with Crippen LogP contribution in [0.25, 0.3) is 16.0 Å². The Kier molecular flexibility index (Phi) is 5.27. The molecule has 1 N–H and O–H groups in total. The minimum Gasteiger partial charge on any atom is -0.350 e. The largest absolute Gasteiger partial charge is 0.416 e. The predicted molar refractivity (Wildman–Crippen MR) is 115 cm³/mol. The molecule has 4 aromatic rings. The highest BCUT2D eigenvalue weighted by atomic mass is 32.1. The maximum Gasteiger partial charge on any atom is 0.416 e. The topological polar surface area (TPSA) is 97.4 Å². The van der Waals surface area contributed by atoms with E-state index in [4.69, 9.17) is 0 Å². The van der Waals surface area contributed by atoms with Gasteiger partial charge in [-0.25, -0.2) is 18.9 Å². The number of hydrogen-bond acceptors (Lipinski definition) is 7. The van der Waals surface area contributed by atoms with Crippen LogP contribution in [0.1, 0.15) is 24.0 Å². The van der Waals surface area contributed by atoms with Crippen molar-refractivity contribution in [2.75, 3.05) is 18.0 Å². The van der Waals surface area contributed by atoms with E-state index in [0.29, 0.717) is 21.6 Å². The van der Waals surface area contributed by atoms with Crippen molar-refractivity contribution in [3.05, 3.63) is 52.2 Å². The summed E-state index contributed by atoms with van der Waals surface area (Å²) in [4.78, 5) is 36.0. The molecule has 33 heavy (non-hydrogen) atoms. The van der Waals surface area contributed by atoms with Crippen LogP contribution in [0.5, 0.6) is 0 Å². The fourth-order valence-electron chi connectivity index (χ4n) is 3.72. The van der Waals surface area contributed by atoms with E-state index in [1.807, 2.05) is 0 Å². The summed E-state index contributed by atoms with van der Waals surface area (Å²) >= 11 is 1.40. The second kappa shape index (κ2) is 8.14. The SMILES string of the molecule is O=C(Cn1nc2c3sc(N4CCCC4)nc3ncn2c1=O)NCc1cccc(C(F)(F)F)c1. The summed E-state index contributed by atoms with van der Waals surface area (Å²) in [5.74, 6) is -0.552. The summed E-state index contributed by atoms with van der Waals surface area (Å²) in [5.41, 5.74) is -0.186. The van der Waals surface area contributed by atoms with Gasteiger partial charge in [0, 0.05) is 19.6 Å². The fourth-order valence-corrected chi connectivity index (χ4v) is 4.77. The average molecular weight is 477 g/mol. The molecule has 1 aliphatic rings. The molecule has 13 heteroatoms. The molecule has 0 atom stereocenters. The number of nitrogens with zero attached hydrogens (tertiary/aromatic N) is 6. The first-order chi connectivity index (χ1) is 15.8. The Hall–Kier alpha value is -3.48. The maximum atomic E-state index is 12.9. The van der Waals surface area contributed by atoms with Gasteiger partial charge in [-0.15, -0.1) is 5.10 Å². The number of carbonyl (C=O) groups excluding carboxylic acids is 1. The van der Waals surface area contributed by atoms with E-state index in [-0.39, 0.29) is 13.1 Å². The van der Waals surface area contributed by atoms with Crippen LogP contribution in [0.2, 0.25) is 0 Å². The highest BCUT2D eigenvalue weighted by molar-refractivity contribution is 7.22. The number of alkyl halides is 3. The maximum absolute atomic E-state index is 12.9. The van der Waals surface area contributed by atoms with Gasteiger partial charge in [0.1, 0.15) is 17.6 Å². The molecule has 0 aliphatic carbocycles. The van der Waals surface area contributed by atoms with E-state index in [9.17, 15) is 22.8 Å². The number of hydrogen-bond donors (Lipinski definition) is 1. The second-order valence-corrected chi connectivity index (χ2v) is 8.67. The quantitative estimate of drug-likeness (QED) is 0.474. The number of fused-ring (bicyclic) bond motifs is 3. The lowest BCUT2D eigenvalue weighted by atomic mass is 10.1. The Morgan fingerprint density at radius 1 is 1.21 bits per heavy atom. The third-order valence-corrected chi connectivity index (χ3v) is 6.48. The predicted octanol–water partition coefficient (Wildman–Crippen LogP) is 2.44. The van der Waals surface area contributed by atoms with E-state index >= 15 is 0 Å². The molecular weight excluding hydrogens is 459 g/mol. The first-order valence-electron chi connectivity index (χ1n) is 10.2. The molecule has 5 rings (SSSR count). The van der Waals surface area contributed by atoms with E-state index in [1.165, 1.54) is 34.2 Å². The lowest BCUT2D eigenvalue weighted by molar-refractivity contribution is -0.137. The number of anilines is 1. The van der Waals surface area contributed by atoms with Crippen molar-refractivity contribution < 1.29 is 18.0 Å². The Bertz CT molecular complexity index is 1400. The van der Waals surface area contributed by atoms with Crippen LogP contribution in [-0.4, -0.2) is 43.1 Å². The number of amides is 1. The molecule has 1 amide bonds. The van der Waals surface area contributed by atoms with Gasteiger partial charge in [-0.2, -0.15) is 18.2 Å². The summed E-state index contributed by atoms with van der Waals surface area (Å²) in [7, 11) is 0. The molecule has 0 radical (unpaired) electrons. The number of benzene rings is 1. The van der Waals surface area contributed by atoms with Crippen molar-refractivity contribution in [1.29, 1.82) is 0 Å². The van der Waals surface area contributed by atoms with Crippen molar-refractivity contribution in [2.45, 2.75) is 32.1 Å². The van der Waals surface area contributed by atoms with Crippen molar-refractivity contribution >= 4 is 38.4 Å². The van der Waals surface area contributed by atoms with Crippen LogP contribution in [0.15, 0.2) is 35.4 Å². The van der Waals surface area contributed by atoms with Gasteiger partial charge in [0.2, 0.25) is 5.91 Å². The number of carbonyl (C=O) groups is 1. The van der Waals surface area contributed by atoms with Crippen LogP contribution >= 0.6 is 11.3 Å². The molecule has 172 valence electrons. The molecule has 0 unspecified atom stereocenters. The average Bonchev–Trinajstić information content (AvgIpc) is 3.51. The number of aromatic nitrogens is 5. The molecule has 1 fully saturated rings. The smallest absolute Gasteiger partial charge is 0.350 e. The number of nitrogens with one attached hydrogen (secondary N) is 1. The Balaban J connectivity index is 1.34. The third-order valence-electron chi connectivity index (χ3n) is 5.38. The van der Waals surface area contributed by atoms with Crippen molar-refractivity contribution in [2.24, 2.45) is 0 Å². The third kappa shape index (κ3) is 4.15. The monoisotopic (exact) mass is 477 g/mol. The standard InChI is InChI=1S/C20H18F3N7O2S/c21-20(22,23)13-5-3-4-12(8-13)9-24-14(31)10-30-19(32)29-11-25-16-15(17(29)27-30)33-18(26-16)28-6-1-2-7-28/h3-5,8,11H,1-2,6-7,9-10H2,(H,24,31). The molecule has 9 nitrogen and oxygen atoms in total. The molecular formula is C20H18F3N7O2S. The minimum atomic E-state index is -4.46. The van der Waals surface area contributed by atoms with Crippen LogP contribution < -0.4 is 15.9 Å². The Labute approximate surface area is 188 Å². The number of halogens is 3. The zero-order chi connectivity index (χ0) is 23.2. The normalized spacial score (nSPS) is 14.5. The van der Waals surface area contributed by atoms with E-state index in [2.05, 4.69) is 25.3 Å². The molecule has 3 aromatic heterocycles. The minimum absolute atomic E-state index is 0.106. The first-order valence-corrected chi connectivity index (χ1v) is 11.0. The summed E-state index contributed by atoms with van der Waals surface area (Å²) in [6.45, 7) is 1.36. The summed E-state index contributed by atoms with van der Waals surface area (Å²) in [6, 6.07) is 4.70. The van der Waals surface area contributed by atoms with E-state index in [1.54, 1.807) is 0 Å². The van der Waals surface area contributed by atoms with Gasteiger partial charge < -0.3 is 10.2 Å². The van der Waals surface area contributed by atoms with Crippen LogP contribution in [0.3, 0.4) is 0 Å². The van der Waals surface area contributed by atoms with Gasteiger partial charge in [-0.05, 0) is 30.5 Å².